The Bertz CT molecular complexity index is 742. The molecule has 0 atom stereocenters. The monoisotopic (exact) mass is 293 g/mol. The van der Waals surface area contributed by atoms with Gasteiger partial charge in [-0.25, -0.2) is 0 Å². The fourth-order valence-electron chi connectivity index (χ4n) is 2.35. The van der Waals surface area contributed by atoms with Gasteiger partial charge in [0.15, 0.2) is 11.5 Å². The van der Waals surface area contributed by atoms with E-state index in [2.05, 4.69) is 38.6 Å². The Hall–Kier alpha value is -2.73. The molecule has 112 valence electrons. The minimum atomic E-state index is 0.381. The maximum Gasteiger partial charge on any atom is 0.196 e. The van der Waals surface area contributed by atoms with Crippen molar-refractivity contribution >= 4 is 5.76 Å². The Balaban J connectivity index is 2.18. The molecule has 0 unspecified atom stereocenters. The van der Waals surface area contributed by atoms with E-state index in [1.807, 2.05) is 6.92 Å². The van der Waals surface area contributed by atoms with E-state index in [4.69, 9.17) is 15.0 Å². The summed E-state index contributed by atoms with van der Waals surface area (Å²) in [5.74, 6) is 0.812. The van der Waals surface area contributed by atoms with Crippen LogP contribution in [0.3, 0.4) is 0 Å². The molecule has 0 saturated carbocycles. The summed E-state index contributed by atoms with van der Waals surface area (Å²) < 4.78 is 0. The third-order valence-electron chi connectivity index (χ3n) is 3.60. The molecule has 0 saturated heterocycles. The number of nitrogens with zero attached hydrogens (tertiary/aromatic N) is 1. The summed E-state index contributed by atoms with van der Waals surface area (Å²) in [4.78, 5) is 10.6. The fourth-order valence-corrected chi connectivity index (χ4v) is 2.35. The van der Waals surface area contributed by atoms with Crippen molar-refractivity contribution in [1.29, 1.82) is 5.26 Å². The number of aryl methyl sites for hydroxylation is 3. The normalized spacial score (nSPS) is 9.91. The second-order valence-corrected chi connectivity index (χ2v) is 5.14. The molecule has 0 bridgehead atoms. The van der Waals surface area contributed by atoms with Crippen LogP contribution in [0.2, 0.25) is 0 Å². The van der Waals surface area contributed by atoms with Crippen LogP contribution in [0.4, 0.5) is 0 Å². The van der Waals surface area contributed by atoms with Gasteiger partial charge in [-0.1, -0.05) is 31.7 Å². The average molecular weight is 293 g/mol. The van der Waals surface area contributed by atoms with Crippen LogP contribution in [0.5, 0.6) is 5.75 Å². The lowest BCUT2D eigenvalue weighted by Gasteiger charge is -2.14. The zero-order valence-corrected chi connectivity index (χ0v) is 13.1. The van der Waals surface area contributed by atoms with Crippen molar-refractivity contribution in [3.8, 4) is 11.8 Å². The Labute approximate surface area is 131 Å². The molecular weight excluding hydrogens is 274 g/mol. The highest BCUT2D eigenvalue weighted by Crippen LogP contribution is 2.25. The summed E-state index contributed by atoms with van der Waals surface area (Å²) >= 11 is 0. The van der Waals surface area contributed by atoms with E-state index in [1.165, 1.54) is 11.1 Å². The van der Waals surface area contributed by atoms with Crippen LogP contribution >= 0.6 is 0 Å². The van der Waals surface area contributed by atoms with E-state index in [9.17, 15) is 0 Å². The molecule has 0 radical (unpaired) electrons. The van der Waals surface area contributed by atoms with Crippen LogP contribution in [0.1, 0.15) is 34.7 Å². The van der Waals surface area contributed by atoms with E-state index >= 15 is 0 Å². The van der Waals surface area contributed by atoms with Crippen LogP contribution in [0.25, 0.3) is 5.76 Å². The van der Waals surface area contributed by atoms with Gasteiger partial charge in [0.2, 0.25) is 0 Å². The fraction of sp³-hybridized carbons (Fsp3) is 0.211. The first-order chi connectivity index (χ1) is 10.6. The lowest BCUT2D eigenvalue weighted by atomic mass is 9.98. The molecule has 0 aromatic heterocycles. The summed E-state index contributed by atoms with van der Waals surface area (Å²) in [5.41, 5.74) is 4.93. The quantitative estimate of drug-likeness (QED) is 0.455. The Morgan fingerprint density at radius 2 is 1.91 bits per heavy atom. The standard InChI is InChI=1S/C19H19NO2/c1-5-16-11-18(14(3)10-13(16)2)15(4)21-22-19-9-7-6-8-17(19)12-20/h6-11H,4-5H2,1-3H3. The first kappa shape index (κ1) is 15.7. The smallest absolute Gasteiger partial charge is 0.196 e. The molecule has 0 aliphatic heterocycles. The van der Waals surface area contributed by atoms with Gasteiger partial charge in [0, 0.05) is 5.56 Å². The molecule has 2 aromatic carbocycles. The minimum Gasteiger partial charge on any atom is -0.290 e. The van der Waals surface area contributed by atoms with Gasteiger partial charge < -0.3 is 0 Å². The minimum absolute atomic E-state index is 0.381. The zero-order chi connectivity index (χ0) is 16.1. The highest BCUT2D eigenvalue weighted by Gasteiger charge is 2.11. The molecule has 0 N–H and O–H groups in total. The van der Waals surface area contributed by atoms with Crippen molar-refractivity contribution < 1.29 is 9.78 Å². The molecular formula is C19H19NO2. The molecule has 0 heterocycles. The molecule has 3 heteroatoms. The number of benzene rings is 2. The summed E-state index contributed by atoms with van der Waals surface area (Å²) in [6.07, 6.45) is 0.949. The first-order valence-corrected chi connectivity index (χ1v) is 7.19. The highest BCUT2D eigenvalue weighted by molar-refractivity contribution is 5.62. The number of hydrogen-bond acceptors (Lipinski definition) is 3. The summed E-state index contributed by atoms with van der Waals surface area (Å²) in [6, 6.07) is 13.2. The van der Waals surface area contributed by atoms with Crippen LogP contribution in [0.15, 0.2) is 43.0 Å². The van der Waals surface area contributed by atoms with E-state index in [0.717, 1.165) is 17.5 Å². The Kier molecular flexibility index (Phi) is 4.85. The highest BCUT2D eigenvalue weighted by atomic mass is 17.2. The number of nitriles is 1. The van der Waals surface area contributed by atoms with Gasteiger partial charge in [-0.2, -0.15) is 5.26 Å². The first-order valence-electron chi connectivity index (χ1n) is 7.19. The Morgan fingerprint density at radius 1 is 1.18 bits per heavy atom. The van der Waals surface area contributed by atoms with Crippen molar-refractivity contribution in [3.05, 3.63) is 70.8 Å². The number of rotatable bonds is 5. The maximum atomic E-state index is 9.04. The molecule has 0 fully saturated rings. The lowest BCUT2D eigenvalue weighted by Crippen LogP contribution is -2.01. The predicted molar refractivity (Wildman–Crippen MR) is 87.2 cm³/mol. The average Bonchev–Trinajstić information content (AvgIpc) is 2.53. The van der Waals surface area contributed by atoms with Crippen LogP contribution in [-0.2, 0) is 11.3 Å². The lowest BCUT2D eigenvalue weighted by molar-refractivity contribution is -0.132. The molecule has 22 heavy (non-hydrogen) atoms. The van der Waals surface area contributed by atoms with Gasteiger partial charge >= 0.3 is 0 Å². The third-order valence-corrected chi connectivity index (χ3v) is 3.60. The topological polar surface area (TPSA) is 42.2 Å². The van der Waals surface area contributed by atoms with Crippen LogP contribution in [0, 0.1) is 25.2 Å². The van der Waals surface area contributed by atoms with Crippen molar-refractivity contribution in [2.75, 3.05) is 0 Å². The van der Waals surface area contributed by atoms with E-state index in [1.54, 1.807) is 24.3 Å². The van der Waals surface area contributed by atoms with E-state index < -0.39 is 0 Å². The molecule has 0 spiro atoms. The SMILES string of the molecule is C=C(OOc1ccccc1C#N)c1cc(CC)c(C)cc1C. The molecule has 0 aliphatic rings. The second kappa shape index (κ2) is 6.82. The summed E-state index contributed by atoms with van der Waals surface area (Å²) in [7, 11) is 0. The molecule has 2 aromatic rings. The molecule has 0 aliphatic carbocycles. The van der Waals surface area contributed by atoms with Crippen molar-refractivity contribution in [1.82, 2.24) is 0 Å². The van der Waals surface area contributed by atoms with E-state index in [0.29, 0.717) is 17.1 Å². The van der Waals surface area contributed by atoms with E-state index in [-0.39, 0.29) is 0 Å². The predicted octanol–water partition coefficient (Wildman–Crippen LogP) is 4.72. The number of para-hydroxylation sites is 1. The van der Waals surface area contributed by atoms with Gasteiger partial charge in [0.25, 0.3) is 0 Å². The second-order valence-electron chi connectivity index (χ2n) is 5.14. The maximum absolute atomic E-state index is 9.04. The summed E-state index contributed by atoms with van der Waals surface area (Å²) in [5, 5.41) is 9.04. The van der Waals surface area contributed by atoms with Gasteiger partial charge in [-0.05, 0) is 55.2 Å². The van der Waals surface area contributed by atoms with Crippen LogP contribution in [-0.4, -0.2) is 0 Å². The van der Waals surface area contributed by atoms with Gasteiger partial charge in [-0.15, -0.1) is 0 Å². The summed E-state index contributed by atoms with van der Waals surface area (Å²) in [6.45, 7) is 10.2. The van der Waals surface area contributed by atoms with Gasteiger partial charge in [0.05, 0.1) is 5.56 Å². The van der Waals surface area contributed by atoms with Crippen molar-refractivity contribution in [2.45, 2.75) is 27.2 Å². The zero-order valence-electron chi connectivity index (χ0n) is 13.1. The largest absolute Gasteiger partial charge is 0.290 e. The molecule has 0 amide bonds. The number of hydrogen-bond donors (Lipinski definition) is 0. The van der Waals surface area contributed by atoms with Gasteiger partial charge in [-0.3, -0.25) is 9.78 Å². The van der Waals surface area contributed by atoms with Crippen molar-refractivity contribution in [2.24, 2.45) is 0 Å². The van der Waals surface area contributed by atoms with Crippen molar-refractivity contribution in [3.63, 3.8) is 0 Å². The van der Waals surface area contributed by atoms with Crippen LogP contribution < -0.4 is 4.89 Å². The Morgan fingerprint density at radius 3 is 2.59 bits per heavy atom. The van der Waals surface area contributed by atoms with Gasteiger partial charge in [0.1, 0.15) is 6.07 Å². The molecule has 2 rings (SSSR count). The molecule has 3 nitrogen and oxygen atoms in total. The third kappa shape index (κ3) is 3.29.